The molecular formula is C67H68N2O2. The molecule has 0 fully saturated rings. The highest BCUT2D eigenvalue weighted by molar-refractivity contribution is 6.32. The number of fused-ring (bicyclic) bond motifs is 10. The van der Waals surface area contributed by atoms with Crippen molar-refractivity contribution >= 4 is 34.4 Å². The molecule has 0 bridgehead atoms. The molecule has 4 nitrogen and oxygen atoms in total. The normalized spacial score (nSPS) is 16.3. The van der Waals surface area contributed by atoms with E-state index in [-0.39, 0.29) is 28.1 Å². The van der Waals surface area contributed by atoms with Crippen molar-refractivity contribution in [3.63, 3.8) is 0 Å². The van der Waals surface area contributed by atoms with Gasteiger partial charge in [-0.15, -0.1) is 0 Å². The maximum Gasteiger partial charge on any atom is 0.265 e. The predicted molar refractivity (Wildman–Crippen MR) is 294 cm³/mol. The van der Waals surface area contributed by atoms with Crippen LogP contribution in [0.5, 0.6) is 0 Å². The van der Waals surface area contributed by atoms with Gasteiger partial charge in [0, 0.05) is 40.1 Å². The second-order valence-electron chi connectivity index (χ2n) is 22.9. The molecular weight excluding hydrogens is 865 g/mol. The van der Waals surface area contributed by atoms with Crippen LogP contribution >= 0.6 is 0 Å². The molecule has 11 rings (SSSR count). The van der Waals surface area contributed by atoms with Crippen molar-refractivity contribution in [2.45, 2.75) is 136 Å². The number of hydrogen-bond acceptors (Lipinski definition) is 2. The molecule has 4 aliphatic heterocycles. The fourth-order valence-electron chi connectivity index (χ4n) is 12.3. The molecule has 0 aromatic heterocycles. The number of nitrogens with zero attached hydrogens (tertiary/aromatic N) is 2. The Balaban J connectivity index is 1.08. The lowest BCUT2D eigenvalue weighted by Crippen LogP contribution is -2.28. The largest absolute Gasteiger partial charge is 0.282 e. The Kier molecular flexibility index (Phi) is 11.7. The summed E-state index contributed by atoms with van der Waals surface area (Å²) >= 11 is 0. The van der Waals surface area contributed by atoms with E-state index in [4.69, 9.17) is 0 Å². The fraction of sp³-hybridized carbons (Fsp3) is 0.313. The van der Waals surface area contributed by atoms with Gasteiger partial charge in [-0.3, -0.25) is 19.4 Å². The lowest BCUT2D eigenvalue weighted by atomic mass is 9.69. The lowest BCUT2D eigenvalue weighted by Gasteiger charge is -2.34. The van der Waals surface area contributed by atoms with E-state index < -0.39 is 0 Å². The van der Waals surface area contributed by atoms with Gasteiger partial charge in [-0.25, -0.2) is 0 Å². The summed E-state index contributed by atoms with van der Waals surface area (Å²) < 4.78 is 0. The third-order valence-electron chi connectivity index (χ3n) is 16.2. The van der Waals surface area contributed by atoms with Crippen LogP contribution in [0.2, 0.25) is 0 Å². The first-order valence-electron chi connectivity index (χ1n) is 26.5. The number of carbonyl (C=O) groups is 2. The summed E-state index contributed by atoms with van der Waals surface area (Å²) in [5, 5.41) is 0. The second-order valence-corrected chi connectivity index (χ2v) is 22.9. The summed E-state index contributed by atoms with van der Waals surface area (Å²) in [6, 6.07) is 48.6. The summed E-state index contributed by atoms with van der Waals surface area (Å²) in [6.07, 6.45) is 16.2. The van der Waals surface area contributed by atoms with Gasteiger partial charge in [-0.05, 0) is 109 Å². The average molecular weight is 933 g/mol. The molecule has 4 heterocycles. The SMILES string of the molecule is CCCCCCC1(CCCCCC)c2cc(-c3ccc4c(c3)C(c3ccccc3)=CN3C(=O)C5=C6c7ccc(C(C)(C)C)cc7C(c7ccccc7)=CN6C(=O)C5=C43)ccc2-c2ccc(C(C)(C)C)cc21. The quantitative estimate of drug-likeness (QED) is 0.108. The van der Waals surface area contributed by atoms with Crippen LogP contribution in [0.25, 0.3) is 44.8 Å². The first-order chi connectivity index (χ1) is 34.2. The lowest BCUT2D eigenvalue weighted by molar-refractivity contribution is -0.122. The van der Waals surface area contributed by atoms with Crippen LogP contribution in [0.3, 0.4) is 0 Å². The molecule has 0 saturated carbocycles. The minimum atomic E-state index is -0.173. The molecule has 0 unspecified atom stereocenters. The molecule has 5 aliphatic rings. The highest BCUT2D eigenvalue weighted by atomic mass is 16.2. The van der Waals surface area contributed by atoms with Gasteiger partial charge < -0.3 is 0 Å². The smallest absolute Gasteiger partial charge is 0.265 e. The van der Waals surface area contributed by atoms with Gasteiger partial charge in [-0.1, -0.05) is 222 Å². The Morgan fingerprint density at radius 3 is 1.32 bits per heavy atom. The van der Waals surface area contributed by atoms with Crippen LogP contribution in [0.1, 0.15) is 175 Å². The number of benzene rings is 6. The van der Waals surface area contributed by atoms with Crippen molar-refractivity contribution in [3.8, 4) is 22.3 Å². The van der Waals surface area contributed by atoms with Gasteiger partial charge in [0.25, 0.3) is 11.8 Å². The predicted octanol–water partition coefficient (Wildman–Crippen LogP) is 16.8. The van der Waals surface area contributed by atoms with E-state index >= 15 is 9.59 Å². The van der Waals surface area contributed by atoms with E-state index in [0.29, 0.717) is 22.5 Å². The van der Waals surface area contributed by atoms with Crippen LogP contribution in [-0.2, 0) is 25.8 Å². The van der Waals surface area contributed by atoms with E-state index in [0.717, 1.165) is 62.9 Å². The molecule has 0 N–H and O–H groups in total. The minimum Gasteiger partial charge on any atom is -0.282 e. The highest BCUT2D eigenvalue weighted by Crippen LogP contribution is 2.57. The molecule has 0 saturated heterocycles. The van der Waals surface area contributed by atoms with Crippen LogP contribution in [0.4, 0.5) is 0 Å². The Morgan fingerprint density at radius 2 is 0.831 bits per heavy atom. The standard InChI is InChI=1S/C67H68N2O2/c1-9-11-13-21-35-67(36-22-14-12-10-2)57-38-46(27-31-49(57)50-33-29-48(40-58(50)67)66(6,7)8)45-28-32-51-53(37-45)55(43-23-17-15-18-24-43)41-68-61(51)59-60(64(68)71)62-52-34-30-47(65(3,4)5)39-54(52)56(42-69(62)63(59)70)44-25-19-16-20-26-44/h15-20,23-34,37-42H,9-14,21-22,35-36H2,1-8H3. The molecule has 0 spiro atoms. The maximum atomic E-state index is 15.2. The van der Waals surface area contributed by atoms with Crippen LogP contribution in [0, 0.1) is 0 Å². The molecule has 0 radical (unpaired) electrons. The van der Waals surface area contributed by atoms with E-state index in [2.05, 4.69) is 165 Å². The first kappa shape index (κ1) is 46.6. The van der Waals surface area contributed by atoms with Crippen molar-refractivity contribution in [2.24, 2.45) is 0 Å². The van der Waals surface area contributed by atoms with Crippen molar-refractivity contribution in [3.05, 3.63) is 213 Å². The fourth-order valence-corrected chi connectivity index (χ4v) is 12.3. The summed E-state index contributed by atoms with van der Waals surface area (Å²) in [5.74, 6) is -0.345. The Morgan fingerprint density at radius 1 is 0.408 bits per heavy atom. The van der Waals surface area contributed by atoms with E-state index in [9.17, 15) is 0 Å². The third kappa shape index (κ3) is 7.72. The Labute approximate surface area is 422 Å². The van der Waals surface area contributed by atoms with Gasteiger partial charge in [0.2, 0.25) is 0 Å². The molecule has 0 atom stereocenters. The van der Waals surface area contributed by atoms with Crippen molar-refractivity contribution < 1.29 is 9.59 Å². The molecule has 1 aliphatic carbocycles. The molecule has 6 aromatic carbocycles. The topological polar surface area (TPSA) is 40.6 Å². The van der Waals surface area contributed by atoms with E-state index in [1.807, 2.05) is 36.7 Å². The van der Waals surface area contributed by atoms with Crippen LogP contribution < -0.4 is 0 Å². The van der Waals surface area contributed by atoms with E-state index in [1.165, 1.54) is 90.3 Å². The van der Waals surface area contributed by atoms with Crippen molar-refractivity contribution in [1.82, 2.24) is 9.80 Å². The summed E-state index contributed by atoms with van der Waals surface area (Å²) in [7, 11) is 0. The summed E-state index contributed by atoms with van der Waals surface area (Å²) in [5.41, 5.74) is 20.7. The highest BCUT2D eigenvalue weighted by Gasteiger charge is 2.51. The van der Waals surface area contributed by atoms with Gasteiger partial charge in [-0.2, -0.15) is 0 Å². The first-order valence-corrected chi connectivity index (χ1v) is 26.5. The van der Waals surface area contributed by atoms with E-state index in [1.54, 1.807) is 9.80 Å². The Hall–Kier alpha value is -6.78. The molecule has 358 valence electrons. The van der Waals surface area contributed by atoms with Gasteiger partial charge in [0.1, 0.15) is 0 Å². The molecule has 6 aromatic rings. The van der Waals surface area contributed by atoms with Crippen LogP contribution in [-0.4, -0.2) is 21.6 Å². The number of unbranched alkanes of at least 4 members (excludes halogenated alkanes) is 6. The average Bonchev–Trinajstić information content (AvgIpc) is 3.94. The van der Waals surface area contributed by atoms with Crippen LogP contribution in [0.15, 0.2) is 157 Å². The van der Waals surface area contributed by atoms with Crippen molar-refractivity contribution in [1.29, 1.82) is 0 Å². The second kappa shape index (κ2) is 17.8. The molecule has 71 heavy (non-hydrogen) atoms. The monoisotopic (exact) mass is 933 g/mol. The number of rotatable bonds is 13. The van der Waals surface area contributed by atoms with Crippen molar-refractivity contribution in [2.75, 3.05) is 0 Å². The number of hydrogen-bond donors (Lipinski definition) is 0. The zero-order valence-electron chi connectivity index (χ0n) is 43.1. The zero-order chi connectivity index (χ0) is 49.4. The Bertz CT molecular complexity index is 3260. The van der Waals surface area contributed by atoms with Gasteiger partial charge >= 0.3 is 0 Å². The molecule has 4 heteroatoms. The summed E-state index contributed by atoms with van der Waals surface area (Å²) in [6.45, 7) is 18.3. The zero-order valence-corrected chi connectivity index (χ0v) is 43.1. The maximum absolute atomic E-state index is 15.2. The number of amides is 2. The van der Waals surface area contributed by atoms with Gasteiger partial charge in [0.05, 0.1) is 22.5 Å². The molecule has 2 amide bonds. The number of carbonyl (C=O) groups excluding carboxylic acids is 2. The minimum absolute atomic E-state index is 0.0478. The third-order valence-corrected chi connectivity index (χ3v) is 16.2. The van der Waals surface area contributed by atoms with Gasteiger partial charge in [0.15, 0.2) is 0 Å². The summed E-state index contributed by atoms with van der Waals surface area (Å²) in [4.78, 5) is 34.0.